The van der Waals surface area contributed by atoms with Crippen LogP contribution in [0.3, 0.4) is 0 Å². The predicted octanol–water partition coefficient (Wildman–Crippen LogP) is 26.2. The number of benzene rings is 6. The van der Waals surface area contributed by atoms with E-state index in [9.17, 15) is 0 Å². The van der Waals surface area contributed by atoms with Gasteiger partial charge in [0.1, 0.15) is 47.7 Å². The van der Waals surface area contributed by atoms with Gasteiger partial charge in [0, 0.05) is 38.5 Å². The summed E-state index contributed by atoms with van der Waals surface area (Å²) in [4.78, 5) is 5.54. The molecular weight excluding hydrogens is 1340 g/mol. The topological polar surface area (TPSA) is 68.3 Å². The number of rotatable bonds is 12. The number of pyridine rings is 1. The standard InChI is InChI=1S/C93H137NO6Si4/c1-58(2)101(27,28)97-84-66-38-62-44-74(88(9,10)11)45-63-39-68-50-78(92(21,22)23)54-72(86(68)99-103(31,32)60(5)6)43-73-55-79(93(24,25)26)51-69(87(73)100-104(33,34)61(7)8)41-65-47-75(89(12,13)14)46-64(83(65)96-57-81-37-35-36-80(94-81)56-95-82(62)63)40-67-49-77(91(18,19)20)53-71(85(67)98-102(29,30)59(3)4)42-70(84)52-76(48-66)90(15,16)17/h35-37,44-55,58-61H,38-43,56-57H2,1-34H3. The Morgan fingerprint density at radius 3 is 0.606 bits per heavy atom. The summed E-state index contributed by atoms with van der Waals surface area (Å²) >= 11 is 0. The fourth-order valence-electron chi connectivity index (χ4n) is 13.3. The minimum absolute atomic E-state index is 0.221. The normalized spacial score (nSPS) is 14.8. The molecule has 2 aliphatic heterocycles. The van der Waals surface area contributed by atoms with Crippen molar-refractivity contribution in [1.29, 1.82) is 0 Å². The van der Waals surface area contributed by atoms with Gasteiger partial charge in [0.15, 0.2) is 0 Å². The van der Waals surface area contributed by atoms with Crippen molar-refractivity contribution in [3.63, 3.8) is 0 Å². The van der Waals surface area contributed by atoms with Crippen molar-refractivity contribution >= 4 is 33.3 Å². The van der Waals surface area contributed by atoms with Crippen molar-refractivity contribution in [2.45, 2.75) is 339 Å². The second-order valence-electron chi connectivity index (χ2n) is 40.9. The molecule has 0 amide bonds. The second kappa shape index (κ2) is 29.6. The van der Waals surface area contributed by atoms with Crippen LogP contribution in [0.15, 0.2) is 91.0 Å². The molecule has 566 valence electrons. The van der Waals surface area contributed by atoms with E-state index in [1.54, 1.807) is 0 Å². The maximum atomic E-state index is 8.02. The summed E-state index contributed by atoms with van der Waals surface area (Å²) in [6, 6.07) is 36.2. The third-order valence-electron chi connectivity index (χ3n) is 23.6. The van der Waals surface area contributed by atoms with Crippen LogP contribution in [-0.4, -0.2) is 38.3 Å². The quantitative estimate of drug-likeness (QED) is 0.113. The Labute approximate surface area is 637 Å². The number of hydrogen-bond acceptors (Lipinski definition) is 7. The Balaban J connectivity index is 1.60. The third-order valence-corrected chi connectivity index (χ3v) is 37.6. The Bertz CT molecular complexity index is 3800. The molecule has 0 N–H and O–H groups in total. The maximum Gasteiger partial charge on any atom is 0.247 e. The van der Waals surface area contributed by atoms with Gasteiger partial charge in [-0.15, -0.1) is 0 Å². The minimum atomic E-state index is -2.47. The van der Waals surface area contributed by atoms with Crippen molar-refractivity contribution in [2.75, 3.05) is 0 Å². The fourth-order valence-corrected chi connectivity index (χ4v) is 17.4. The molecule has 0 atom stereocenters. The summed E-state index contributed by atoms with van der Waals surface area (Å²) in [5.74, 6) is 5.70. The highest BCUT2D eigenvalue weighted by atomic mass is 28.4. The predicted molar refractivity (Wildman–Crippen MR) is 453 cm³/mol. The molecule has 0 unspecified atom stereocenters. The summed E-state index contributed by atoms with van der Waals surface area (Å²) in [5, 5.41) is 0. The van der Waals surface area contributed by atoms with Crippen molar-refractivity contribution in [3.05, 3.63) is 203 Å². The minimum Gasteiger partial charge on any atom is -0.543 e. The van der Waals surface area contributed by atoms with Gasteiger partial charge >= 0.3 is 0 Å². The van der Waals surface area contributed by atoms with Crippen LogP contribution in [0.1, 0.15) is 292 Å². The molecule has 0 saturated carbocycles. The molecule has 2 aliphatic rings. The molecule has 9 rings (SSSR count). The highest BCUT2D eigenvalue weighted by molar-refractivity contribution is 6.74. The van der Waals surface area contributed by atoms with Crippen LogP contribution >= 0.6 is 0 Å². The molecule has 0 saturated heterocycles. The van der Waals surface area contributed by atoms with E-state index in [0.717, 1.165) is 68.1 Å². The molecule has 0 spiro atoms. The number of ether oxygens (including phenoxy) is 2. The van der Waals surface area contributed by atoms with Gasteiger partial charge in [-0.25, -0.2) is 0 Å². The highest BCUT2D eigenvalue weighted by Gasteiger charge is 2.39. The van der Waals surface area contributed by atoms with Gasteiger partial charge in [-0.3, -0.25) is 4.98 Å². The average Bonchev–Trinajstić information content (AvgIpc) is 0.763. The summed E-state index contributed by atoms with van der Waals surface area (Å²) in [7, 11) is -9.89. The fraction of sp³-hybridized carbons (Fsp3) is 0.559. The largest absolute Gasteiger partial charge is 0.543 e. The maximum absolute atomic E-state index is 8.02. The Kier molecular flexibility index (Phi) is 23.4. The van der Waals surface area contributed by atoms with Gasteiger partial charge in [-0.05, 0) is 219 Å². The zero-order valence-corrected chi connectivity index (χ0v) is 75.5. The van der Waals surface area contributed by atoms with Crippen molar-refractivity contribution in [1.82, 2.24) is 4.98 Å². The zero-order valence-electron chi connectivity index (χ0n) is 71.5. The van der Waals surface area contributed by atoms with Gasteiger partial charge in [0.05, 0.1) is 11.4 Å². The van der Waals surface area contributed by atoms with Crippen LogP contribution in [0.5, 0.6) is 34.5 Å². The van der Waals surface area contributed by atoms with E-state index >= 15 is 0 Å². The van der Waals surface area contributed by atoms with Gasteiger partial charge in [0.2, 0.25) is 33.3 Å². The number of nitrogens with zero attached hydrogens (tertiary/aromatic N) is 1. The Morgan fingerprint density at radius 2 is 0.442 bits per heavy atom. The lowest BCUT2D eigenvalue weighted by molar-refractivity contribution is 0.284. The van der Waals surface area contributed by atoms with E-state index in [-0.39, 0.29) is 45.7 Å². The Hall–Kier alpha value is -5.86. The smallest absolute Gasteiger partial charge is 0.247 e. The summed E-state index contributed by atoms with van der Waals surface area (Å²) in [6.07, 6.45) is 3.47. The van der Waals surface area contributed by atoms with Gasteiger partial charge in [-0.2, -0.15) is 0 Å². The van der Waals surface area contributed by atoms with Gasteiger partial charge in [0.25, 0.3) is 0 Å². The van der Waals surface area contributed by atoms with E-state index in [1.807, 2.05) is 0 Å². The highest BCUT2D eigenvalue weighted by Crippen LogP contribution is 2.49. The molecule has 0 aliphatic carbocycles. The SMILES string of the molecule is CC(C)[Si](C)(C)Oc1c2cc(C(C)(C)C)cc1Cc1cc(C(C)(C)C)cc(c1O[Si](C)(C)C(C)C)Cc1cc(C(C)(C)C)cc3c1OCc1cccc(n1)COc1c(cc(C(C)(C)C)cc1Cc1cc(C(C)(C)C)cc(c1O[Si](C)(C)C(C)C)Cc1cc(C(C)(C)C)cc(c1O[Si](C)(C)C(C)C)C3)C2. The first-order valence-electron chi connectivity index (χ1n) is 39.5. The molecule has 11 heteroatoms. The molecule has 1 aromatic heterocycles. The van der Waals surface area contributed by atoms with E-state index in [1.165, 1.54) is 77.9 Å². The van der Waals surface area contributed by atoms with E-state index < -0.39 is 33.3 Å². The number of aromatic nitrogens is 1. The lowest BCUT2D eigenvalue weighted by atomic mass is 9.79. The van der Waals surface area contributed by atoms with Crippen molar-refractivity contribution in [2.24, 2.45) is 0 Å². The Morgan fingerprint density at radius 1 is 0.279 bits per heavy atom. The molecule has 0 fully saturated rings. The van der Waals surface area contributed by atoms with E-state index in [2.05, 4.69) is 323 Å². The lowest BCUT2D eigenvalue weighted by Crippen LogP contribution is -2.38. The van der Waals surface area contributed by atoms with Crippen LogP contribution in [-0.2, 0) is 84.2 Å². The van der Waals surface area contributed by atoms with Gasteiger partial charge in [-0.1, -0.05) is 259 Å². The molecule has 6 aromatic carbocycles. The van der Waals surface area contributed by atoms with Crippen LogP contribution in [0.25, 0.3) is 0 Å². The molecular formula is C93H137NO6Si4. The molecule has 104 heavy (non-hydrogen) atoms. The third kappa shape index (κ3) is 19.0. The van der Waals surface area contributed by atoms with E-state index in [0.29, 0.717) is 60.7 Å². The zero-order chi connectivity index (χ0) is 77.5. The first-order valence-corrected chi connectivity index (χ1v) is 51.4. The van der Waals surface area contributed by atoms with Crippen molar-refractivity contribution < 1.29 is 27.2 Å². The molecule has 0 radical (unpaired) electrons. The molecule has 3 heterocycles. The monoisotopic (exact) mass is 1480 g/mol. The molecule has 7 nitrogen and oxygen atoms in total. The second-order valence-corrected chi connectivity index (χ2v) is 59.2. The first-order chi connectivity index (χ1) is 47.5. The van der Waals surface area contributed by atoms with Crippen LogP contribution in [0.2, 0.25) is 74.5 Å². The van der Waals surface area contributed by atoms with Crippen LogP contribution in [0, 0.1) is 0 Å². The molecule has 7 aromatic rings. The number of hydrogen-bond donors (Lipinski definition) is 0. The van der Waals surface area contributed by atoms with Crippen molar-refractivity contribution in [3.8, 4) is 34.5 Å². The summed E-state index contributed by atoms with van der Waals surface area (Å²) in [5.41, 5.74) is 23.1. The van der Waals surface area contributed by atoms with E-state index in [4.69, 9.17) is 32.2 Å². The summed E-state index contributed by atoms with van der Waals surface area (Å²) < 4.78 is 47.6. The molecule has 12 bridgehead atoms. The first kappa shape index (κ1) is 82.2. The van der Waals surface area contributed by atoms with Gasteiger partial charge < -0.3 is 27.2 Å². The lowest BCUT2D eigenvalue weighted by Gasteiger charge is -2.35. The average molecular weight is 1480 g/mol. The van der Waals surface area contributed by atoms with Crippen LogP contribution < -0.4 is 27.2 Å². The van der Waals surface area contributed by atoms with Crippen LogP contribution in [0.4, 0.5) is 0 Å². The number of fused-ring (bicyclic) bond motifs is 10. The summed E-state index contributed by atoms with van der Waals surface area (Å²) in [6.45, 7) is 81.2.